The molecule has 3 aliphatic heterocycles. The van der Waals surface area contributed by atoms with Gasteiger partial charge >= 0.3 is 0 Å². The molecule has 0 spiro atoms. The smallest absolute Gasteiger partial charge is 0.225 e. The second kappa shape index (κ2) is 9.11. The van der Waals surface area contributed by atoms with Crippen molar-refractivity contribution in [3.8, 4) is 0 Å². The molecule has 0 saturated carbocycles. The van der Waals surface area contributed by atoms with E-state index in [1.54, 1.807) is 0 Å². The number of piperidine rings is 1. The van der Waals surface area contributed by atoms with Gasteiger partial charge in [-0.15, -0.1) is 0 Å². The molecule has 144 valence electrons. The summed E-state index contributed by atoms with van der Waals surface area (Å²) in [6.07, 6.45) is 8.48. The minimum Gasteiger partial charge on any atom is -0.379 e. The van der Waals surface area contributed by atoms with Gasteiger partial charge in [0.2, 0.25) is 5.95 Å². The Kier molecular flexibility index (Phi) is 6.35. The Bertz CT molecular complexity index is 549. The van der Waals surface area contributed by atoms with E-state index in [0.717, 1.165) is 57.8 Å². The molecule has 3 fully saturated rings. The van der Waals surface area contributed by atoms with Crippen LogP contribution in [0.5, 0.6) is 0 Å². The Morgan fingerprint density at radius 1 is 0.962 bits per heavy atom. The summed E-state index contributed by atoms with van der Waals surface area (Å²) in [4.78, 5) is 16.8. The highest BCUT2D eigenvalue weighted by Crippen LogP contribution is 2.23. The third kappa shape index (κ3) is 4.93. The van der Waals surface area contributed by atoms with Gasteiger partial charge in [0.1, 0.15) is 0 Å². The minimum absolute atomic E-state index is 0.889. The average Bonchev–Trinajstić information content (AvgIpc) is 3.23. The van der Waals surface area contributed by atoms with Gasteiger partial charge in [-0.05, 0) is 63.7 Å². The van der Waals surface area contributed by atoms with E-state index in [4.69, 9.17) is 9.72 Å². The Morgan fingerprint density at radius 3 is 2.50 bits per heavy atom. The quantitative estimate of drug-likeness (QED) is 0.774. The van der Waals surface area contributed by atoms with E-state index in [2.05, 4.69) is 25.8 Å². The van der Waals surface area contributed by atoms with Crippen molar-refractivity contribution < 1.29 is 4.74 Å². The summed E-state index contributed by atoms with van der Waals surface area (Å²) in [5, 5.41) is 0. The molecular weight excluding hydrogens is 326 g/mol. The highest BCUT2D eigenvalue weighted by Gasteiger charge is 2.21. The Morgan fingerprint density at radius 2 is 1.73 bits per heavy atom. The zero-order chi connectivity index (χ0) is 17.6. The number of hydrogen-bond donors (Lipinski definition) is 0. The second-order valence-corrected chi connectivity index (χ2v) is 8.00. The van der Waals surface area contributed by atoms with Crippen LogP contribution in [0.4, 0.5) is 5.95 Å². The van der Waals surface area contributed by atoms with Crippen molar-refractivity contribution in [2.75, 3.05) is 63.9 Å². The van der Waals surface area contributed by atoms with E-state index >= 15 is 0 Å². The van der Waals surface area contributed by atoms with Crippen LogP contribution in [-0.4, -0.2) is 78.8 Å². The molecule has 0 atom stereocenters. The Labute approximate surface area is 157 Å². The molecule has 0 aliphatic carbocycles. The van der Waals surface area contributed by atoms with Gasteiger partial charge in [0.15, 0.2) is 0 Å². The van der Waals surface area contributed by atoms with Gasteiger partial charge < -0.3 is 9.64 Å². The van der Waals surface area contributed by atoms with Crippen LogP contribution in [0.2, 0.25) is 0 Å². The number of anilines is 1. The maximum Gasteiger partial charge on any atom is 0.225 e. The molecule has 1 aromatic rings. The Hall–Kier alpha value is -1.24. The molecule has 1 aromatic heterocycles. The van der Waals surface area contributed by atoms with Gasteiger partial charge in [-0.25, -0.2) is 9.97 Å². The lowest BCUT2D eigenvalue weighted by Gasteiger charge is -2.33. The lowest BCUT2D eigenvalue weighted by Crippen LogP contribution is -2.39. The monoisotopic (exact) mass is 359 g/mol. The molecular formula is C20H33N5O. The molecule has 0 bridgehead atoms. The van der Waals surface area contributed by atoms with Gasteiger partial charge in [-0.3, -0.25) is 9.80 Å². The minimum atomic E-state index is 0.889. The van der Waals surface area contributed by atoms with Crippen LogP contribution in [0.1, 0.15) is 37.8 Å². The zero-order valence-corrected chi connectivity index (χ0v) is 16.0. The maximum atomic E-state index is 5.44. The fourth-order valence-electron chi connectivity index (χ4n) is 4.39. The van der Waals surface area contributed by atoms with Gasteiger partial charge in [0.25, 0.3) is 0 Å². The largest absolute Gasteiger partial charge is 0.379 e. The van der Waals surface area contributed by atoms with Crippen molar-refractivity contribution in [2.24, 2.45) is 5.92 Å². The van der Waals surface area contributed by atoms with E-state index in [1.807, 2.05) is 6.20 Å². The van der Waals surface area contributed by atoms with Crippen LogP contribution in [0, 0.1) is 5.92 Å². The molecule has 3 saturated heterocycles. The molecule has 26 heavy (non-hydrogen) atoms. The first kappa shape index (κ1) is 18.1. The van der Waals surface area contributed by atoms with Crippen molar-refractivity contribution in [1.29, 1.82) is 0 Å². The number of morpholine rings is 1. The summed E-state index contributed by atoms with van der Waals surface area (Å²) in [7, 11) is 0. The first-order valence-electron chi connectivity index (χ1n) is 10.5. The molecule has 0 radical (unpaired) electrons. The third-order valence-corrected chi connectivity index (χ3v) is 6.14. The van der Waals surface area contributed by atoms with E-state index in [-0.39, 0.29) is 0 Å². The summed E-state index contributed by atoms with van der Waals surface area (Å²) >= 11 is 0. The summed E-state index contributed by atoms with van der Waals surface area (Å²) in [6, 6.07) is 2.09. The van der Waals surface area contributed by atoms with Crippen LogP contribution in [-0.2, 0) is 11.3 Å². The Balaban J connectivity index is 1.20. The van der Waals surface area contributed by atoms with Crippen molar-refractivity contribution in [3.63, 3.8) is 0 Å². The first-order chi connectivity index (χ1) is 12.9. The zero-order valence-electron chi connectivity index (χ0n) is 16.0. The molecule has 6 nitrogen and oxygen atoms in total. The number of aromatic nitrogens is 2. The SMILES string of the molecule is c1cc(CN2CCC(CCN3CCOCC3)CC2)nc(N2CCCC2)n1. The van der Waals surface area contributed by atoms with Crippen LogP contribution < -0.4 is 4.90 Å². The van der Waals surface area contributed by atoms with Crippen molar-refractivity contribution in [2.45, 2.75) is 38.6 Å². The summed E-state index contributed by atoms with van der Waals surface area (Å²) in [5.74, 6) is 1.82. The van der Waals surface area contributed by atoms with E-state index < -0.39 is 0 Å². The van der Waals surface area contributed by atoms with Gasteiger partial charge in [-0.1, -0.05) is 0 Å². The van der Waals surface area contributed by atoms with E-state index in [1.165, 1.54) is 57.4 Å². The number of nitrogens with zero attached hydrogens (tertiary/aromatic N) is 5. The fraction of sp³-hybridized carbons (Fsp3) is 0.800. The molecule has 3 aliphatic rings. The highest BCUT2D eigenvalue weighted by molar-refractivity contribution is 5.31. The van der Waals surface area contributed by atoms with E-state index in [0.29, 0.717) is 0 Å². The number of ether oxygens (including phenoxy) is 1. The standard InChI is InChI=1S/C20H33N5O/c1-2-9-25(8-1)20-21-7-3-19(22-20)17-24-11-5-18(6-12-24)4-10-23-13-15-26-16-14-23/h3,7,18H,1-2,4-6,8-17H2. The van der Waals surface area contributed by atoms with Crippen LogP contribution in [0.15, 0.2) is 12.3 Å². The van der Waals surface area contributed by atoms with Crippen LogP contribution in [0.3, 0.4) is 0 Å². The first-order valence-corrected chi connectivity index (χ1v) is 10.5. The summed E-state index contributed by atoms with van der Waals surface area (Å²) < 4.78 is 5.44. The molecule has 0 unspecified atom stereocenters. The number of hydrogen-bond acceptors (Lipinski definition) is 6. The predicted molar refractivity (Wildman–Crippen MR) is 103 cm³/mol. The predicted octanol–water partition coefficient (Wildman–Crippen LogP) is 2.01. The van der Waals surface area contributed by atoms with Crippen LogP contribution in [0.25, 0.3) is 0 Å². The van der Waals surface area contributed by atoms with E-state index in [9.17, 15) is 0 Å². The van der Waals surface area contributed by atoms with Crippen molar-refractivity contribution in [1.82, 2.24) is 19.8 Å². The second-order valence-electron chi connectivity index (χ2n) is 8.00. The fourth-order valence-corrected chi connectivity index (χ4v) is 4.39. The lowest BCUT2D eigenvalue weighted by molar-refractivity contribution is 0.0334. The third-order valence-electron chi connectivity index (χ3n) is 6.14. The molecule has 4 heterocycles. The van der Waals surface area contributed by atoms with Crippen molar-refractivity contribution in [3.05, 3.63) is 18.0 Å². The summed E-state index contributed by atoms with van der Waals surface area (Å²) in [5.41, 5.74) is 1.17. The maximum absolute atomic E-state index is 5.44. The van der Waals surface area contributed by atoms with Gasteiger partial charge in [-0.2, -0.15) is 0 Å². The average molecular weight is 360 g/mol. The van der Waals surface area contributed by atoms with Gasteiger partial charge in [0, 0.05) is 38.9 Å². The normalized spacial score (nSPS) is 23.6. The lowest BCUT2D eigenvalue weighted by atomic mass is 9.93. The summed E-state index contributed by atoms with van der Waals surface area (Å²) in [6.45, 7) is 10.9. The molecule has 0 aromatic carbocycles. The molecule has 0 N–H and O–H groups in total. The van der Waals surface area contributed by atoms with Crippen LogP contribution >= 0.6 is 0 Å². The number of likely N-dealkylation sites (tertiary alicyclic amines) is 1. The topological polar surface area (TPSA) is 44.7 Å². The molecule has 6 heteroatoms. The van der Waals surface area contributed by atoms with Gasteiger partial charge in [0.05, 0.1) is 18.9 Å². The molecule has 4 rings (SSSR count). The van der Waals surface area contributed by atoms with Crippen molar-refractivity contribution >= 4 is 5.95 Å². The molecule has 0 amide bonds. The highest BCUT2D eigenvalue weighted by atomic mass is 16.5. The number of rotatable bonds is 6.